The summed E-state index contributed by atoms with van der Waals surface area (Å²) in [6.07, 6.45) is 0. The van der Waals surface area contributed by atoms with Crippen LogP contribution >= 0.6 is 34.5 Å². The average molecular weight is 406 g/mol. The largest absolute Gasteiger partial charge is 0.296 e. The van der Waals surface area contributed by atoms with E-state index >= 15 is 0 Å². The number of amides is 1. The zero-order valence-electron chi connectivity index (χ0n) is 14.5. The second-order valence-corrected chi connectivity index (χ2v) is 8.64. The van der Waals surface area contributed by atoms with E-state index in [1.165, 1.54) is 16.9 Å². The maximum absolute atomic E-state index is 12.4. The fourth-order valence-electron chi connectivity index (χ4n) is 2.34. The molecule has 0 radical (unpaired) electrons. The van der Waals surface area contributed by atoms with Crippen molar-refractivity contribution in [3.05, 3.63) is 63.6 Å². The van der Waals surface area contributed by atoms with Gasteiger partial charge in [0.15, 0.2) is 5.01 Å². The summed E-state index contributed by atoms with van der Waals surface area (Å²) in [4.78, 5) is 12.4. The number of benzene rings is 2. The molecule has 1 heterocycles. The molecule has 0 aliphatic heterocycles. The van der Waals surface area contributed by atoms with E-state index in [2.05, 4.69) is 36.3 Å². The molecule has 2 aromatic carbocycles. The summed E-state index contributed by atoms with van der Waals surface area (Å²) in [6, 6.07) is 12.7. The Bertz CT molecular complexity index is 946. The van der Waals surface area contributed by atoms with E-state index in [4.69, 9.17) is 23.2 Å². The van der Waals surface area contributed by atoms with Crippen LogP contribution in [0.1, 0.15) is 36.7 Å². The smallest absolute Gasteiger partial charge is 0.257 e. The molecule has 0 bridgehead atoms. The normalized spacial score (nSPS) is 11.4. The van der Waals surface area contributed by atoms with Crippen molar-refractivity contribution >= 4 is 45.6 Å². The Morgan fingerprint density at radius 3 is 2.35 bits per heavy atom. The van der Waals surface area contributed by atoms with Crippen molar-refractivity contribution < 1.29 is 4.79 Å². The van der Waals surface area contributed by atoms with Crippen LogP contribution in [0.4, 0.5) is 5.13 Å². The number of carbonyl (C=O) groups is 1. The van der Waals surface area contributed by atoms with Crippen LogP contribution < -0.4 is 5.32 Å². The van der Waals surface area contributed by atoms with E-state index in [9.17, 15) is 4.79 Å². The van der Waals surface area contributed by atoms with E-state index in [1.54, 1.807) is 18.2 Å². The maximum atomic E-state index is 12.4. The number of anilines is 1. The third-order valence-electron chi connectivity index (χ3n) is 3.82. The van der Waals surface area contributed by atoms with Gasteiger partial charge < -0.3 is 0 Å². The second kappa shape index (κ2) is 7.35. The number of nitrogens with one attached hydrogen (secondary N) is 1. The molecular formula is C19H17Cl2N3OS. The van der Waals surface area contributed by atoms with Gasteiger partial charge in [0.25, 0.3) is 5.91 Å². The number of carbonyl (C=O) groups excluding carboxylic acids is 1. The molecule has 4 nitrogen and oxygen atoms in total. The highest BCUT2D eigenvalue weighted by Crippen LogP contribution is 2.33. The third kappa shape index (κ3) is 4.23. The lowest BCUT2D eigenvalue weighted by Gasteiger charge is -2.18. The first kappa shape index (κ1) is 18.8. The van der Waals surface area contributed by atoms with Gasteiger partial charge in [0.05, 0.1) is 5.02 Å². The number of halogens is 2. The molecule has 26 heavy (non-hydrogen) atoms. The van der Waals surface area contributed by atoms with Crippen LogP contribution in [-0.4, -0.2) is 16.1 Å². The topological polar surface area (TPSA) is 54.9 Å². The number of hydrogen-bond acceptors (Lipinski definition) is 4. The lowest BCUT2D eigenvalue weighted by atomic mass is 9.87. The zero-order chi connectivity index (χ0) is 18.9. The molecule has 134 valence electrons. The first-order valence-corrected chi connectivity index (χ1v) is 9.52. The number of nitrogens with zero attached hydrogens (tertiary/aromatic N) is 2. The monoisotopic (exact) mass is 405 g/mol. The molecule has 3 rings (SSSR count). The SMILES string of the molecule is CC(C)(C)c1ccc(C(=O)Nc2nnc(-c3ccc(Cl)cc3Cl)s2)cc1. The molecule has 0 aliphatic rings. The Hall–Kier alpha value is -1.95. The van der Waals surface area contributed by atoms with E-state index in [1.807, 2.05) is 24.3 Å². The predicted molar refractivity (Wildman–Crippen MR) is 108 cm³/mol. The van der Waals surface area contributed by atoms with Crippen LogP contribution in [0.2, 0.25) is 10.0 Å². The quantitative estimate of drug-likeness (QED) is 0.575. The van der Waals surface area contributed by atoms with Crippen molar-refractivity contribution in [2.24, 2.45) is 0 Å². The van der Waals surface area contributed by atoms with Gasteiger partial charge in [-0.3, -0.25) is 10.1 Å². The van der Waals surface area contributed by atoms with Gasteiger partial charge in [-0.05, 0) is 41.3 Å². The van der Waals surface area contributed by atoms with Crippen molar-refractivity contribution in [2.75, 3.05) is 5.32 Å². The Labute approximate surface area is 166 Å². The molecule has 0 saturated carbocycles. The summed E-state index contributed by atoms with van der Waals surface area (Å²) in [7, 11) is 0. The third-order valence-corrected chi connectivity index (χ3v) is 5.24. The van der Waals surface area contributed by atoms with Crippen molar-refractivity contribution in [1.29, 1.82) is 0 Å². The van der Waals surface area contributed by atoms with E-state index in [0.29, 0.717) is 25.7 Å². The highest BCUT2D eigenvalue weighted by Gasteiger charge is 2.16. The van der Waals surface area contributed by atoms with Crippen LogP contribution in [0.5, 0.6) is 0 Å². The summed E-state index contributed by atoms with van der Waals surface area (Å²) in [5.74, 6) is -0.227. The van der Waals surface area contributed by atoms with Crippen LogP contribution in [0.15, 0.2) is 42.5 Å². The lowest BCUT2D eigenvalue weighted by molar-refractivity contribution is 0.102. The number of aromatic nitrogens is 2. The maximum Gasteiger partial charge on any atom is 0.257 e. The Morgan fingerprint density at radius 2 is 1.73 bits per heavy atom. The number of rotatable bonds is 3. The van der Waals surface area contributed by atoms with Crippen molar-refractivity contribution in [3.8, 4) is 10.6 Å². The van der Waals surface area contributed by atoms with Crippen LogP contribution in [-0.2, 0) is 5.41 Å². The standard InChI is InChI=1S/C19H17Cl2N3OS/c1-19(2,3)12-6-4-11(5-7-12)16(25)22-18-24-23-17(26-18)14-9-8-13(20)10-15(14)21/h4-10H,1-3H3,(H,22,24,25). The van der Waals surface area contributed by atoms with Crippen LogP contribution in [0, 0.1) is 0 Å². The summed E-state index contributed by atoms with van der Waals surface area (Å²) < 4.78 is 0. The van der Waals surface area contributed by atoms with Crippen LogP contribution in [0.25, 0.3) is 10.6 Å². The Balaban J connectivity index is 1.75. The Morgan fingerprint density at radius 1 is 1.04 bits per heavy atom. The minimum Gasteiger partial charge on any atom is -0.296 e. The van der Waals surface area contributed by atoms with Gasteiger partial charge in [0.2, 0.25) is 5.13 Å². The molecule has 0 unspecified atom stereocenters. The van der Waals surface area contributed by atoms with Gasteiger partial charge in [-0.2, -0.15) is 0 Å². The highest BCUT2D eigenvalue weighted by atomic mass is 35.5. The van der Waals surface area contributed by atoms with Gasteiger partial charge >= 0.3 is 0 Å². The van der Waals surface area contributed by atoms with Gasteiger partial charge in [0, 0.05) is 16.1 Å². The molecule has 3 aromatic rings. The van der Waals surface area contributed by atoms with Gasteiger partial charge in [-0.1, -0.05) is 67.4 Å². The first-order valence-electron chi connectivity index (χ1n) is 7.95. The van der Waals surface area contributed by atoms with Gasteiger partial charge in [-0.15, -0.1) is 10.2 Å². The van der Waals surface area contributed by atoms with E-state index in [-0.39, 0.29) is 11.3 Å². The fourth-order valence-corrected chi connectivity index (χ4v) is 3.67. The van der Waals surface area contributed by atoms with Crippen molar-refractivity contribution in [1.82, 2.24) is 10.2 Å². The fraction of sp³-hybridized carbons (Fsp3) is 0.211. The molecule has 1 N–H and O–H groups in total. The molecular weight excluding hydrogens is 389 g/mol. The number of hydrogen-bond donors (Lipinski definition) is 1. The van der Waals surface area contributed by atoms with Crippen molar-refractivity contribution in [3.63, 3.8) is 0 Å². The summed E-state index contributed by atoms with van der Waals surface area (Å²) in [6.45, 7) is 6.40. The molecule has 1 amide bonds. The summed E-state index contributed by atoms with van der Waals surface area (Å²) >= 11 is 13.4. The molecule has 0 spiro atoms. The van der Waals surface area contributed by atoms with Gasteiger partial charge in [0.1, 0.15) is 0 Å². The molecule has 0 atom stereocenters. The predicted octanol–water partition coefficient (Wildman–Crippen LogP) is 6.06. The van der Waals surface area contributed by atoms with E-state index < -0.39 is 0 Å². The minimum absolute atomic E-state index is 0.0426. The summed E-state index contributed by atoms with van der Waals surface area (Å²) in [5, 5.41) is 13.0. The minimum atomic E-state index is -0.227. The molecule has 1 aromatic heterocycles. The van der Waals surface area contributed by atoms with E-state index in [0.717, 1.165) is 5.56 Å². The molecule has 0 aliphatic carbocycles. The molecule has 0 fully saturated rings. The second-order valence-electron chi connectivity index (χ2n) is 6.82. The lowest BCUT2D eigenvalue weighted by Crippen LogP contribution is -2.14. The molecule has 7 heteroatoms. The first-order chi connectivity index (χ1) is 12.2. The van der Waals surface area contributed by atoms with Crippen LogP contribution in [0.3, 0.4) is 0 Å². The molecule has 0 saturated heterocycles. The van der Waals surface area contributed by atoms with Crippen molar-refractivity contribution in [2.45, 2.75) is 26.2 Å². The highest BCUT2D eigenvalue weighted by molar-refractivity contribution is 7.18. The zero-order valence-corrected chi connectivity index (χ0v) is 16.8. The summed E-state index contributed by atoms with van der Waals surface area (Å²) in [5.41, 5.74) is 2.51. The average Bonchev–Trinajstić information content (AvgIpc) is 3.02. The Kier molecular flexibility index (Phi) is 5.32. The van der Waals surface area contributed by atoms with Gasteiger partial charge in [-0.25, -0.2) is 0 Å².